The number of para-hydroxylation sites is 3. The van der Waals surface area contributed by atoms with Crippen LogP contribution in [0.15, 0.2) is 200 Å². The Balaban J connectivity index is 1.29. The molecule has 3 heterocycles. The SMILES string of the molecule is [2H]c1c([2H])c([2H])c(-c2ccccc2-n2c3ccccc3c3ccc4c5ccccc5n(-c5nc(-c6ccccc6)nc(-c6ccccc6-c6ccccc6)n5)c4c32)c([2H])c1[2H]. The van der Waals surface area contributed by atoms with Crippen molar-refractivity contribution >= 4 is 43.6 Å². The van der Waals surface area contributed by atoms with E-state index in [0.29, 0.717) is 28.8 Å². The third-order valence-electron chi connectivity index (χ3n) is 10.5. The molecule has 11 rings (SSSR count). The fourth-order valence-corrected chi connectivity index (χ4v) is 8.07. The van der Waals surface area contributed by atoms with Crippen molar-refractivity contribution in [3.8, 4) is 56.7 Å². The van der Waals surface area contributed by atoms with Gasteiger partial charge in [0.15, 0.2) is 11.6 Å². The molecule has 56 heavy (non-hydrogen) atoms. The van der Waals surface area contributed by atoms with Gasteiger partial charge >= 0.3 is 0 Å². The van der Waals surface area contributed by atoms with E-state index in [1.807, 2.05) is 115 Å². The molecule has 11 aromatic rings. The first kappa shape index (κ1) is 27.0. The van der Waals surface area contributed by atoms with E-state index in [9.17, 15) is 0 Å². The number of hydrogen-bond donors (Lipinski definition) is 0. The Labute approximate surface area is 330 Å². The van der Waals surface area contributed by atoms with Gasteiger partial charge in [-0.3, -0.25) is 4.57 Å². The summed E-state index contributed by atoms with van der Waals surface area (Å²) >= 11 is 0. The van der Waals surface area contributed by atoms with Gasteiger partial charge in [0.1, 0.15) is 0 Å². The van der Waals surface area contributed by atoms with Crippen molar-refractivity contribution < 1.29 is 6.85 Å². The van der Waals surface area contributed by atoms with Gasteiger partial charge in [0.2, 0.25) is 5.95 Å². The Hall–Kier alpha value is -7.63. The Morgan fingerprint density at radius 3 is 1.57 bits per heavy atom. The third kappa shape index (κ3) is 5.06. The Bertz CT molecular complexity index is 3520. The summed E-state index contributed by atoms with van der Waals surface area (Å²) in [7, 11) is 0. The van der Waals surface area contributed by atoms with Gasteiger partial charge in [-0.1, -0.05) is 182 Å². The molecule has 0 aliphatic carbocycles. The summed E-state index contributed by atoms with van der Waals surface area (Å²) in [5.41, 5.74) is 8.53. The highest BCUT2D eigenvalue weighted by molar-refractivity contribution is 6.24. The molecule has 0 atom stereocenters. The lowest BCUT2D eigenvalue weighted by molar-refractivity contribution is 0.953. The van der Waals surface area contributed by atoms with Gasteiger partial charge in [-0.25, -0.2) is 4.98 Å². The van der Waals surface area contributed by atoms with E-state index in [-0.39, 0.29) is 29.7 Å². The number of hydrogen-bond acceptors (Lipinski definition) is 3. The molecule has 0 saturated carbocycles. The smallest absolute Gasteiger partial charge is 0.238 e. The van der Waals surface area contributed by atoms with Crippen LogP contribution in [0.1, 0.15) is 6.85 Å². The van der Waals surface area contributed by atoms with Crippen LogP contribution in [0.5, 0.6) is 0 Å². The number of benzene rings is 8. The summed E-state index contributed by atoms with van der Waals surface area (Å²) in [5, 5.41) is 3.93. The average Bonchev–Trinajstić information content (AvgIpc) is 3.84. The molecule has 0 aliphatic heterocycles. The fraction of sp³-hybridized carbons (Fsp3) is 0. The quantitative estimate of drug-likeness (QED) is 0.172. The van der Waals surface area contributed by atoms with Crippen molar-refractivity contribution in [2.75, 3.05) is 0 Å². The predicted octanol–water partition coefficient (Wildman–Crippen LogP) is 12.7. The predicted molar refractivity (Wildman–Crippen MR) is 230 cm³/mol. The van der Waals surface area contributed by atoms with Crippen LogP contribution in [-0.4, -0.2) is 24.1 Å². The van der Waals surface area contributed by atoms with E-state index in [0.717, 1.165) is 65.9 Å². The van der Waals surface area contributed by atoms with Crippen LogP contribution in [0.3, 0.4) is 0 Å². The highest BCUT2D eigenvalue weighted by atomic mass is 15.2. The molecule has 0 aliphatic rings. The number of fused-ring (bicyclic) bond motifs is 7. The van der Waals surface area contributed by atoms with Crippen molar-refractivity contribution in [3.05, 3.63) is 200 Å². The second kappa shape index (κ2) is 13.0. The molecule has 0 fully saturated rings. The van der Waals surface area contributed by atoms with Crippen molar-refractivity contribution in [2.45, 2.75) is 0 Å². The topological polar surface area (TPSA) is 48.5 Å². The lowest BCUT2D eigenvalue weighted by Gasteiger charge is -2.16. The second-order valence-corrected chi connectivity index (χ2v) is 13.6. The first-order valence-corrected chi connectivity index (χ1v) is 18.5. The molecule has 8 aromatic carbocycles. The molecule has 0 radical (unpaired) electrons. The van der Waals surface area contributed by atoms with Crippen LogP contribution in [0.4, 0.5) is 0 Å². The summed E-state index contributed by atoms with van der Waals surface area (Å²) < 4.78 is 47.8. The summed E-state index contributed by atoms with van der Waals surface area (Å²) in [5.74, 6) is 1.48. The minimum Gasteiger partial charge on any atom is -0.307 e. The highest BCUT2D eigenvalue weighted by Gasteiger charge is 2.24. The number of nitrogens with zero attached hydrogens (tertiary/aromatic N) is 5. The molecule has 5 heteroatoms. The molecule has 0 N–H and O–H groups in total. The van der Waals surface area contributed by atoms with Gasteiger partial charge in [-0.05, 0) is 34.9 Å². The molecule has 0 unspecified atom stereocenters. The van der Waals surface area contributed by atoms with Crippen LogP contribution < -0.4 is 0 Å². The average molecular weight is 721 g/mol. The zero-order valence-corrected chi connectivity index (χ0v) is 29.9. The minimum atomic E-state index is -0.433. The maximum absolute atomic E-state index is 9.02. The van der Waals surface area contributed by atoms with Crippen molar-refractivity contribution in [1.82, 2.24) is 24.1 Å². The van der Waals surface area contributed by atoms with E-state index in [1.165, 1.54) is 0 Å². The summed E-state index contributed by atoms with van der Waals surface area (Å²) in [4.78, 5) is 15.8. The van der Waals surface area contributed by atoms with Crippen LogP contribution in [-0.2, 0) is 0 Å². The molecule has 0 bridgehead atoms. The maximum Gasteiger partial charge on any atom is 0.238 e. The van der Waals surface area contributed by atoms with Gasteiger partial charge in [-0.15, -0.1) is 0 Å². The molecule has 0 spiro atoms. The van der Waals surface area contributed by atoms with Gasteiger partial charge in [0, 0.05) is 38.2 Å². The molecular formula is C51H33N5. The summed E-state index contributed by atoms with van der Waals surface area (Å²) in [6.07, 6.45) is 0. The van der Waals surface area contributed by atoms with E-state index < -0.39 is 6.04 Å². The molecule has 3 aromatic heterocycles. The Morgan fingerprint density at radius 1 is 0.357 bits per heavy atom. The fourth-order valence-electron chi connectivity index (χ4n) is 8.07. The van der Waals surface area contributed by atoms with E-state index in [1.54, 1.807) is 0 Å². The Kier molecular flexibility index (Phi) is 6.29. The maximum atomic E-state index is 9.02. The van der Waals surface area contributed by atoms with Crippen molar-refractivity contribution in [3.63, 3.8) is 0 Å². The third-order valence-corrected chi connectivity index (χ3v) is 10.5. The molecular weight excluding hydrogens is 683 g/mol. The highest BCUT2D eigenvalue weighted by Crippen LogP contribution is 2.43. The first-order chi connectivity index (χ1) is 29.9. The first-order valence-electron chi connectivity index (χ1n) is 21.0. The van der Waals surface area contributed by atoms with E-state index >= 15 is 0 Å². The lowest BCUT2D eigenvalue weighted by Crippen LogP contribution is -2.07. The van der Waals surface area contributed by atoms with Crippen molar-refractivity contribution in [1.29, 1.82) is 0 Å². The van der Waals surface area contributed by atoms with Crippen LogP contribution in [0.2, 0.25) is 0 Å². The van der Waals surface area contributed by atoms with Crippen LogP contribution >= 0.6 is 0 Å². The van der Waals surface area contributed by atoms with Gasteiger partial charge in [0.05, 0.1) is 34.6 Å². The van der Waals surface area contributed by atoms with Crippen LogP contribution in [0, 0.1) is 0 Å². The van der Waals surface area contributed by atoms with Gasteiger partial charge < -0.3 is 4.57 Å². The van der Waals surface area contributed by atoms with E-state index in [2.05, 4.69) is 63.7 Å². The van der Waals surface area contributed by atoms with Crippen molar-refractivity contribution in [2.24, 2.45) is 0 Å². The largest absolute Gasteiger partial charge is 0.307 e. The molecule has 5 nitrogen and oxygen atoms in total. The second-order valence-electron chi connectivity index (χ2n) is 13.6. The number of rotatable bonds is 6. The lowest BCUT2D eigenvalue weighted by atomic mass is 9.99. The zero-order chi connectivity index (χ0) is 41.4. The van der Waals surface area contributed by atoms with Gasteiger partial charge in [-0.2, -0.15) is 9.97 Å². The standard InChI is InChI=1S/C51H33N5/c1-4-18-34(19-5-1)37-24-10-11-28-43(37)50-52-49(36-22-8-3-9-23-36)53-51(54-50)56-46-31-17-14-27-40(46)42-33-32-41-39-26-13-16-30-45(39)55(47(41)48(42)56)44-29-15-12-25-38(44)35-20-6-2-7-21-35/h1-33H/i2D,6D,7D,20D,21D. The molecule has 0 saturated heterocycles. The monoisotopic (exact) mass is 720 g/mol. The van der Waals surface area contributed by atoms with E-state index in [4.69, 9.17) is 21.8 Å². The molecule has 0 amide bonds. The zero-order valence-electron chi connectivity index (χ0n) is 34.9. The summed E-state index contributed by atoms with van der Waals surface area (Å²) in [6, 6.07) is 54.8. The number of aromatic nitrogens is 5. The van der Waals surface area contributed by atoms with Gasteiger partial charge in [0.25, 0.3) is 0 Å². The summed E-state index contributed by atoms with van der Waals surface area (Å²) in [6.45, 7) is 0. The van der Waals surface area contributed by atoms with Crippen LogP contribution in [0.25, 0.3) is 100 Å². The molecule has 262 valence electrons. The minimum absolute atomic E-state index is 0.131. The normalized spacial score (nSPS) is 12.8. The Morgan fingerprint density at radius 2 is 0.875 bits per heavy atom.